The predicted octanol–water partition coefficient (Wildman–Crippen LogP) is 0.836. The van der Waals surface area contributed by atoms with Crippen LogP contribution in [0.2, 0.25) is 0 Å². The number of pyridine rings is 1. The quantitative estimate of drug-likeness (QED) is 0.734. The van der Waals surface area contributed by atoms with E-state index in [1.165, 1.54) is 24.1 Å². The Kier molecular flexibility index (Phi) is 4.94. The molecule has 21 heavy (non-hydrogen) atoms. The van der Waals surface area contributed by atoms with Crippen molar-refractivity contribution in [2.45, 2.75) is 13.0 Å². The normalized spacial score (nSPS) is 10.6. The van der Waals surface area contributed by atoms with Crippen molar-refractivity contribution in [3.05, 3.63) is 41.2 Å². The van der Waals surface area contributed by atoms with Gasteiger partial charge in [-0.1, -0.05) is 5.21 Å². The predicted molar refractivity (Wildman–Crippen MR) is 70.2 cm³/mol. The molecule has 2 aromatic heterocycles. The van der Waals surface area contributed by atoms with Crippen molar-refractivity contribution in [1.82, 2.24) is 20.0 Å². The minimum absolute atomic E-state index is 0.138. The number of esters is 1. The molecular formula is C13H15FN4O3. The lowest BCUT2D eigenvalue weighted by Crippen LogP contribution is -2.13. The summed E-state index contributed by atoms with van der Waals surface area (Å²) in [6.07, 6.45) is 3.09. The highest BCUT2D eigenvalue weighted by Crippen LogP contribution is 2.11. The summed E-state index contributed by atoms with van der Waals surface area (Å²) in [5.41, 5.74) is 1.34. The van der Waals surface area contributed by atoms with E-state index in [4.69, 9.17) is 4.74 Å². The van der Waals surface area contributed by atoms with Gasteiger partial charge in [0.25, 0.3) is 0 Å². The summed E-state index contributed by atoms with van der Waals surface area (Å²) in [4.78, 5) is 15.4. The van der Waals surface area contributed by atoms with Crippen LogP contribution >= 0.6 is 0 Å². The maximum atomic E-state index is 13.2. The van der Waals surface area contributed by atoms with Crippen LogP contribution in [0.4, 0.5) is 4.39 Å². The van der Waals surface area contributed by atoms with Crippen LogP contribution in [0.1, 0.15) is 21.7 Å². The highest BCUT2D eigenvalue weighted by atomic mass is 19.1. The van der Waals surface area contributed by atoms with Crippen LogP contribution in [0.3, 0.4) is 0 Å². The second-order valence-corrected chi connectivity index (χ2v) is 4.29. The number of rotatable bonds is 6. The molecule has 7 nitrogen and oxygen atoms in total. The van der Waals surface area contributed by atoms with E-state index in [0.717, 1.165) is 6.20 Å². The number of methoxy groups -OCH3 is 2. The zero-order valence-corrected chi connectivity index (χ0v) is 11.7. The number of hydrogen-bond acceptors (Lipinski definition) is 6. The molecule has 0 spiro atoms. The van der Waals surface area contributed by atoms with Gasteiger partial charge in [-0.05, 0) is 11.6 Å². The summed E-state index contributed by atoms with van der Waals surface area (Å²) >= 11 is 0. The fraction of sp³-hybridized carbons (Fsp3) is 0.385. The van der Waals surface area contributed by atoms with Gasteiger partial charge in [-0.25, -0.2) is 13.9 Å². The fourth-order valence-corrected chi connectivity index (χ4v) is 1.88. The van der Waals surface area contributed by atoms with Gasteiger partial charge in [0.15, 0.2) is 5.69 Å². The number of hydrogen-bond donors (Lipinski definition) is 0. The highest BCUT2D eigenvalue weighted by molar-refractivity contribution is 5.88. The van der Waals surface area contributed by atoms with Crippen LogP contribution in [0.15, 0.2) is 18.5 Å². The minimum Gasteiger partial charge on any atom is -0.464 e. The molecule has 0 saturated heterocycles. The first kappa shape index (κ1) is 15.0. The third-order valence-electron chi connectivity index (χ3n) is 2.85. The summed E-state index contributed by atoms with van der Waals surface area (Å²) in [6, 6.07) is 1.35. The van der Waals surface area contributed by atoms with Gasteiger partial charge in [0.1, 0.15) is 5.82 Å². The van der Waals surface area contributed by atoms with E-state index < -0.39 is 11.8 Å². The topological polar surface area (TPSA) is 79.1 Å². The van der Waals surface area contributed by atoms with E-state index >= 15 is 0 Å². The lowest BCUT2D eigenvalue weighted by atomic mass is 10.2. The average molecular weight is 294 g/mol. The maximum Gasteiger partial charge on any atom is 0.360 e. The Hall–Kier alpha value is -2.35. The average Bonchev–Trinajstić information content (AvgIpc) is 2.87. The molecular weight excluding hydrogens is 279 g/mol. The Morgan fingerprint density at radius 3 is 2.86 bits per heavy atom. The molecule has 0 fully saturated rings. The summed E-state index contributed by atoms with van der Waals surface area (Å²) in [6.45, 7) is 0.659. The van der Waals surface area contributed by atoms with Crippen molar-refractivity contribution in [2.75, 3.05) is 20.8 Å². The van der Waals surface area contributed by atoms with Gasteiger partial charge >= 0.3 is 5.97 Å². The van der Waals surface area contributed by atoms with Gasteiger partial charge in [-0.15, -0.1) is 5.10 Å². The maximum absolute atomic E-state index is 13.2. The Morgan fingerprint density at radius 2 is 2.19 bits per heavy atom. The molecule has 0 atom stereocenters. The SMILES string of the molecule is COCCc1c(C(=O)OC)nnn1Cc1cncc(F)c1. The molecule has 8 heteroatoms. The third kappa shape index (κ3) is 3.60. The van der Waals surface area contributed by atoms with Crippen LogP contribution in [0.25, 0.3) is 0 Å². The molecule has 2 rings (SSSR count). The van der Waals surface area contributed by atoms with Crippen LogP contribution in [-0.2, 0) is 22.4 Å². The van der Waals surface area contributed by atoms with Crippen molar-refractivity contribution < 1.29 is 18.7 Å². The van der Waals surface area contributed by atoms with Crippen molar-refractivity contribution in [1.29, 1.82) is 0 Å². The summed E-state index contributed by atoms with van der Waals surface area (Å²) in [5, 5.41) is 7.75. The Balaban J connectivity index is 2.29. The smallest absolute Gasteiger partial charge is 0.360 e. The first-order valence-corrected chi connectivity index (χ1v) is 6.24. The van der Waals surface area contributed by atoms with E-state index in [-0.39, 0.29) is 12.2 Å². The molecule has 0 bridgehead atoms. The first-order valence-electron chi connectivity index (χ1n) is 6.24. The molecule has 0 saturated carbocycles. The van der Waals surface area contributed by atoms with E-state index in [0.29, 0.717) is 24.3 Å². The van der Waals surface area contributed by atoms with Crippen LogP contribution in [0, 0.1) is 5.82 Å². The molecule has 0 aliphatic rings. The number of carbonyl (C=O) groups is 1. The number of nitrogens with zero attached hydrogens (tertiary/aromatic N) is 4. The van der Waals surface area contributed by atoms with Gasteiger partial charge in [0, 0.05) is 19.7 Å². The van der Waals surface area contributed by atoms with Gasteiger partial charge < -0.3 is 9.47 Å². The summed E-state index contributed by atoms with van der Waals surface area (Å²) in [7, 11) is 2.83. The van der Waals surface area contributed by atoms with E-state index in [9.17, 15) is 9.18 Å². The summed E-state index contributed by atoms with van der Waals surface area (Å²) < 4.78 is 24.4. The van der Waals surface area contributed by atoms with E-state index in [1.54, 1.807) is 7.11 Å². The zero-order valence-electron chi connectivity index (χ0n) is 11.7. The molecule has 0 aliphatic carbocycles. The second kappa shape index (κ2) is 6.89. The van der Waals surface area contributed by atoms with Gasteiger partial charge in [0.2, 0.25) is 0 Å². The molecule has 0 aromatic carbocycles. The first-order chi connectivity index (χ1) is 10.2. The van der Waals surface area contributed by atoms with E-state index in [1.807, 2.05) is 0 Å². The number of halogens is 1. The second-order valence-electron chi connectivity index (χ2n) is 4.29. The van der Waals surface area contributed by atoms with E-state index in [2.05, 4.69) is 20.0 Å². The van der Waals surface area contributed by atoms with Gasteiger partial charge in [-0.3, -0.25) is 4.98 Å². The number of aromatic nitrogens is 4. The molecule has 2 aromatic rings. The molecule has 112 valence electrons. The highest BCUT2D eigenvalue weighted by Gasteiger charge is 2.20. The molecule has 0 unspecified atom stereocenters. The number of carbonyl (C=O) groups excluding carboxylic acids is 1. The fourth-order valence-electron chi connectivity index (χ4n) is 1.88. The van der Waals surface area contributed by atoms with Crippen molar-refractivity contribution in [3.8, 4) is 0 Å². The van der Waals surface area contributed by atoms with Crippen molar-refractivity contribution in [2.24, 2.45) is 0 Å². The molecule has 0 radical (unpaired) electrons. The third-order valence-corrected chi connectivity index (χ3v) is 2.85. The molecule has 2 heterocycles. The van der Waals surface area contributed by atoms with Crippen molar-refractivity contribution >= 4 is 5.97 Å². The monoisotopic (exact) mass is 294 g/mol. The van der Waals surface area contributed by atoms with Crippen LogP contribution in [0.5, 0.6) is 0 Å². The molecule has 0 N–H and O–H groups in total. The van der Waals surface area contributed by atoms with Crippen LogP contribution < -0.4 is 0 Å². The Morgan fingerprint density at radius 1 is 1.38 bits per heavy atom. The minimum atomic E-state index is -0.565. The number of ether oxygens (including phenoxy) is 2. The van der Waals surface area contributed by atoms with Gasteiger partial charge in [-0.2, -0.15) is 0 Å². The van der Waals surface area contributed by atoms with Crippen molar-refractivity contribution in [3.63, 3.8) is 0 Å². The standard InChI is InChI=1S/C13H15FN4O3/c1-20-4-3-11-12(13(19)21-2)16-17-18(11)8-9-5-10(14)7-15-6-9/h5-7H,3-4,8H2,1-2H3. The Bertz CT molecular complexity index is 630. The Labute approximate surface area is 120 Å². The van der Waals surface area contributed by atoms with Gasteiger partial charge in [0.05, 0.1) is 32.2 Å². The van der Waals surface area contributed by atoms with Crippen LogP contribution in [-0.4, -0.2) is 46.8 Å². The lowest BCUT2D eigenvalue weighted by molar-refractivity contribution is 0.0592. The largest absolute Gasteiger partial charge is 0.464 e. The lowest BCUT2D eigenvalue weighted by Gasteiger charge is -2.07. The molecule has 0 aliphatic heterocycles. The summed E-state index contributed by atoms with van der Waals surface area (Å²) in [5.74, 6) is -0.996. The zero-order chi connectivity index (χ0) is 15.2. The molecule has 0 amide bonds.